The highest BCUT2D eigenvalue weighted by molar-refractivity contribution is 7.86. The van der Waals surface area contributed by atoms with Crippen LogP contribution in [0.15, 0.2) is 74.6 Å². The molecule has 0 radical (unpaired) electrons. The van der Waals surface area contributed by atoms with Crippen LogP contribution >= 0.6 is 0 Å². The molecular weight excluding hydrogens is 468 g/mol. The molecule has 0 aliphatic heterocycles. The summed E-state index contributed by atoms with van der Waals surface area (Å²) < 4.78 is 67.0. The lowest BCUT2D eigenvalue weighted by Gasteiger charge is -2.10. The highest BCUT2D eigenvalue weighted by Gasteiger charge is 2.23. The predicted octanol–water partition coefficient (Wildman–Crippen LogP) is 5.22. The summed E-state index contributed by atoms with van der Waals surface area (Å²) in [4.78, 5) is -1.20. The zero-order valence-corrected chi connectivity index (χ0v) is 19.0. The average Bonchev–Trinajstić information content (AvgIpc) is 2.70. The quantitative estimate of drug-likeness (QED) is 0.264. The largest absolute Gasteiger partial charge is 0.505 e. The van der Waals surface area contributed by atoms with Gasteiger partial charge in [0.05, 0.1) is 0 Å². The van der Waals surface area contributed by atoms with E-state index in [2.05, 4.69) is 10.2 Å². The summed E-state index contributed by atoms with van der Waals surface area (Å²) in [5.41, 5.74) is 1.42. The fourth-order valence-electron chi connectivity index (χ4n) is 3.73. The minimum absolute atomic E-state index is 0.111. The Labute approximate surface area is 189 Å². The number of phenolic OH excluding ortho intramolecular Hbond substituents is 1. The summed E-state index contributed by atoms with van der Waals surface area (Å²) in [5, 5.41) is 19.7. The second kappa shape index (κ2) is 7.89. The molecule has 0 amide bonds. The lowest BCUT2D eigenvalue weighted by Crippen LogP contribution is -2.03. The van der Waals surface area contributed by atoms with Crippen molar-refractivity contribution in [3.63, 3.8) is 0 Å². The lowest BCUT2D eigenvalue weighted by molar-refractivity contribution is 0.481. The molecule has 4 aromatic carbocycles. The number of rotatable bonds is 4. The minimum Gasteiger partial charge on any atom is -0.505 e. The highest BCUT2D eigenvalue weighted by atomic mass is 32.2. The van der Waals surface area contributed by atoms with Crippen molar-refractivity contribution in [3.05, 3.63) is 65.7 Å². The molecule has 4 rings (SSSR count). The van der Waals surface area contributed by atoms with Crippen LogP contribution in [0.5, 0.6) is 5.75 Å². The van der Waals surface area contributed by atoms with E-state index in [4.69, 9.17) is 0 Å². The van der Waals surface area contributed by atoms with E-state index in [1.54, 1.807) is 19.1 Å². The van der Waals surface area contributed by atoms with E-state index >= 15 is 0 Å². The van der Waals surface area contributed by atoms with Crippen molar-refractivity contribution in [2.75, 3.05) is 0 Å². The molecule has 11 heteroatoms. The molecule has 0 aromatic heterocycles. The second-order valence-electron chi connectivity index (χ2n) is 7.53. The van der Waals surface area contributed by atoms with Gasteiger partial charge in [-0.3, -0.25) is 9.11 Å². The SMILES string of the molecule is Cc1ccc2c(O)c(N=Nc3ccc4c(S(=O)(=O)O)cccc4c3S(=O)(=O)O)c(C)cc2c1. The van der Waals surface area contributed by atoms with E-state index in [0.29, 0.717) is 10.9 Å². The van der Waals surface area contributed by atoms with Crippen molar-refractivity contribution < 1.29 is 31.0 Å². The third-order valence-electron chi connectivity index (χ3n) is 5.18. The van der Waals surface area contributed by atoms with Crippen LogP contribution in [0.2, 0.25) is 0 Å². The number of hydrogen-bond donors (Lipinski definition) is 3. The van der Waals surface area contributed by atoms with Gasteiger partial charge in [0.15, 0.2) is 5.75 Å². The normalized spacial score (nSPS) is 12.7. The zero-order chi connectivity index (χ0) is 24.1. The van der Waals surface area contributed by atoms with Crippen molar-refractivity contribution in [1.82, 2.24) is 0 Å². The Bertz CT molecular complexity index is 1690. The Balaban J connectivity index is 1.96. The molecule has 3 N–H and O–H groups in total. The van der Waals surface area contributed by atoms with Gasteiger partial charge in [0, 0.05) is 16.2 Å². The number of benzene rings is 4. The first kappa shape index (κ1) is 22.8. The maximum absolute atomic E-state index is 12.2. The van der Waals surface area contributed by atoms with Gasteiger partial charge < -0.3 is 5.11 Å². The first-order valence-corrected chi connectivity index (χ1v) is 12.4. The molecule has 0 saturated carbocycles. The Morgan fingerprint density at radius 3 is 2.12 bits per heavy atom. The van der Waals surface area contributed by atoms with Crippen LogP contribution in [0.25, 0.3) is 21.5 Å². The van der Waals surface area contributed by atoms with Crippen LogP contribution in [-0.2, 0) is 20.2 Å². The molecule has 0 fully saturated rings. The first-order valence-electron chi connectivity index (χ1n) is 9.53. The van der Waals surface area contributed by atoms with Crippen molar-refractivity contribution in [2.24, 2.45) is 10.2 Å². The number of fused-ring (bicyclic) bond motifs is 2. The van der Waals surface area contributed by atoms with Crippen LogP contribution < -0.4 is 0 Å². The van der Waals surface area contributed by atoms with Crippen LogP contribution in [0.3, 0.4) is 0 Å². The Morgan fingerprint density at radius 2 is 1.45 bits per heavy atom. The lowest BCUT2D eigenvalue weighted by atomic mass is 10.0. The van der Waals surface area contributed by atoms with Gasteiger partial charge in [0.1, 0.15) is 21.2 Å². The summed E-state index contributed by atoms with van der Waals surface area (Å²) in [6.45, 7) is 3.63. The molecule has 0 unspecified atom stereocenters. The van der Waals surface area contributed by atoms with E-state index in [9.17, 15) is 31.0 Å². The first-order chi connectivity index (χ1) is 15.4. The van der Waals surface area contributed by atoms with E-state index in [1.165, 1.54) is 18.2 Å². The van der Waals surface area contributed by atoms with Crippen molar-refractivity contribution >= 4 is 53.2 Å². The van der Waals surface area contributed by atoms with Gasteiger partial charge >= 0.3 is 0 Å². The average molecular weight is 487 g/mol. The standard InChI is InChI=1S/C22H18N2O7S2/c1-12-6-7-15-14(10-12)11-13(2)20(21(15)25)24-23-18-9-8-16-17(22(18)33(29,30)31)4-3-5-19(16)32(26,27)28/h3-11,25H,1-2H3,(H,26,27,28)(H,29,30,31). The summed E-state index contributed by atoms with van der Waals surface area (Å²) in [5.74, 6) is -0.142. The molecule has 0 aliphatic rings. The Hall–Kier alpha value is -3.38. The summed E-state index contributed by atoms with van der Waals surface area (Å²) in [7, 11) is -9.54. The smallest absolute Gasteiger partial charge is 0.297 e. The predicted molar refractivity (Wildman–Crippen MR) is 123 cm³/mol. The van der Waals surface area contributed by atoms with E-state index in [1.807, 2.05) is 19.1 Å². The van der Waals surface area contributed by atoms with Crippen molar-refractivity contribution in [3.8, 4) is 5.75 Å². The van der Waals surface area contributed by atoms with Crippen LogP contribution in [0, 0.1) is 13.8 Å². The third-order valence-corrected chi connectivity index (χ3v) is 7.03. The molecule has 170 valence electrons. The molecule has 0 saturated heterocycles. The summed E-state index contributed by atoms with van der Waals surface area (Å²) >= 11 is 0. The fraction of sp³-hybridized carbons (Fsp3) is 0.0909. The third kappa shape index (κ3) is 4.18. The van der Waals surface area contributed by atoms with Gasteiger partial charge in [-0.05, 0) is 43.0 Å². The summed E-state index contributed by atoms with van der Waals surface area (Å²) in [6.07, 6.45) is 0. The van der Waals surface area contributed by atoms with Crippen molar-refractivity contribution in [1.29, 1.82) is 0 Å². The summed E-state index contributed by atoms with van der Waals surface area (Å²) in [6, 6.07) is 13.3. The highest BCUT2D eigenvalue weighted by Crippen LogP contribution is 2.41. The maximum Gasteiger partial charge on any atom is 0.297 e. The molecule has 33 heavy (non-hydrogen) atoms. The fourth-order valence-corrected chi connectivity index (χ4v) is 5.26. The van der Waals surface area contributed by atoms with Crippen LogP contribution in [0.1, 0.15) is 11.1 Å². The van der Waals surface area contributed by atoms with E-state index < -0.39 is 30.0 Å². The van der Waals surface area contributed by atoms with E-state index in [-0.39, 0.29) is 27.9 Å². The van der Waals surface area contributed by atoms with E-state index in [0.717, 1.165) is 23.1 Å². The van der Waals surface area contributed by atoms with Gasteiger partial charge in [-0.15, -0.1) is 10.2 Å². The number of nitrogens with zero attached hydrogens (tertiary/aromatic N) is 2. The van der Waals surface area contributed by atoms with Gasteiger partial charge in [0.25, 0.3) is 20.2 Å². The number of hydrogen-bond acceptors (Lipinski definition) is 7. The zero-order valence-electron chi connectivity index (χ0n) is 17.4. The minimum atomic E-state index is -4.88. The monoisotopic (exact) mass is 486 g/mol. The number of aryl methyl sites for hydroxylation is 2. The molecule has 0 aliphatic carbocycles. The Kier molecular flexibility index (Phi) is 5.45. The number of aromatic hydroxyl groups is 1. The van der Waals surface area contributed by atoms with Crippen LogP contribution in [0.4, 0.5) is 11.4 Å². The number of phenols is 1. The second-order valence-corrected chi connectivity index (χ2v) is 10.3. The molecule has 0 bridgehead atoms. The topological polar surface area (TPSA) is 154 Å². The van der Waals surface area contributed by atoms with Crippen molar-refractivity contribution in [2.45, 2.75) is 23.6 Å². The van der Waals surface area contributed by atoms with Gasteiger partial charge in [-0.25, -0.2) is 0 Å². The van der Waals surface area contributed by atoms with Gasteiger partial charge in [0.2, 0.25) is 0 Å². The Morgan fingerprint density at radius 1 is 0.758 bits per heavy atom. The van der Waals surface area contributed by atoms with Gasteiger partial charge in [-0.1, -0.05) is 42.0 Å². The molecule has 4 aromatic rings. The maximum atomic E-state index is 12.2. The van der Waals surface area contributed by atoms with Crippen LogP contribution in [-0.4, -0.2) is 31.0 Å². The molecular formula is C22H18N2O7S2. The van der Waals surface area contributed by atoms with Gasteiger partial charge in [-0.2, -0.15) is 16.8 Å². The number of azo groups is 1. The molecule has 0 atom stereocenters. The molecule has 0 spiro atoms. The molecule has 9 nitrogen and oxygen atoms in total. The molecule has 0 heterocycles.